The van der Waals surface area contributed by atoms with E-state index < -0.39 is 0 Å². The molecule has 23 heavy (non-hydrogen) atoms. The summed E-state index contributed by atoms with van der Waals surface area (Å²) < 4.78 is 1.49. The first kappa shape index (κ1) is 16.3. The van der Waals surface area contributed by atoms with E-state index >= 15 is 0 Å². The number of nitrogens with one attached hydrogen (secondary N) is 1. The van der Waals surface area contributed by atoms with E-state index in [4.69, 9.17) is 0 Å². The molecule has 0 radical (unpaired) electrons. The van der Waals surface area contributed by atoms with E-state index in [2.05, 4.69) is 44.8 Å². The Kier molecular flexibility index (Phi) is 4.72. The summed E-state index contributed by atoms with van der Waals surface area (Å²) in [6.45, 7) is 0. The van der Waals surface area contributed by atoms with Crippen LogP contribution in [0.5, 0.6) is 0 Å². The summed E-state index contributed by atoms with van der Waals surface area (Å²) in [5.74, 6) is 4.48. The Bertz CT molecular complexity index is 569. The molecule has 1 heterocycles. The molecule has 1 spiro atoms. The van der Waals surface area contributed by atoms with Gasteiger partial charge >= 0.3 is 0 Å². The van der Waals surface area contributed by atoms with E-state index in [9.17, 15) is 4.79 Å². The molecule has 3 aliphatic rings. The number of hydrogen-bond donors (Lipinski definition) is 1. The predicted octanol–water partition coefficient (Wildman–Crippen LogP) is 5.39. The number of thioether (sulfide) groups is 2. The van der Waals surface area contributed by atoms with E-state index in [0.717, 1.165) is 34.8 Å². The summed E-state index contributed by atoms with van der Waals surface area (Å²) in [6.07, 6.45) is 6.16. The van der Waals surface area contributed by atoms with Gasteiger partial charge in [0.05, 0.1) is 4.08 Å². The van der Waals surface area contributed by atoms with Crippen molar-refractivity contribution in [2.45, 2.75) is 36.2 Å². The van der Waals surface area contributed by atoms with Crippen LogP contribution in [0.4, 0.5) is 5.69 Å². The highest BCUT2D eigenvalue weighted by atomic mass is 79.9. The van der Waals surface area contributed by atoms with Crippen LogP contribution in [0.2, 0.25) is 0 Å². The van der Waals surface area contributed by atoms with Gasteiger partial charge < -0.3 is 5.32 Å². The molecule has 2 saturated carbocycles. The van der Waals surface area contributed by atoms with Gasteiger partial charge in [0.15, 0.2) is 0 Å². The Balaban J connectivity index is 1.46. The zero-order chi connectivity index (χ0) is 15.9. The zero-order valence-corrected chi connectivity index (χ0v) is 16.3. The highest BCUT2D eigenvalue weighted by Crippen LogP contribution is 2.64. The van der Waals surface area contributed by atoms with Gasteiger partial charge in [-0.25, -0.2) is 0 Å². The molecular weight excluding hydrogens is 390 g/mol. The first-order valence-electron chi connectivity index (χ1n) is 8.52. The third kappa shape index (κ3) is 3.09. The molecule has 5 heteroatoms. The monoisotopic (exact) mass is 411 g/mol. The van der Waals surface area contributed by atoms with Crippen molar-refractivity contribution in [2.24, 2.45) is 17.8 Å². The summed E-state index contributed by atoms with van der Waals surface area (Å²) in [4.78, 5) is 12.8. The zero-order valence-electron chi connectivity index (χ0n) is 13.1. The molecule has 0 unspecified atom stereocenters. The Morgan fingerprint density at radius 1 is 1.09 bits per heavy atom. The third-order valence-electron chi connectivity index (χ3n) is 5.60. The molecule has 2 atom stereocenters. The van der Waals surface area contributed by atoms with Crippen LogP contribution in [0.15, 0.2) is 28.7 Å². The van der Waals surface area contributed by atoms with E-state index in [-0.39, 0.29) is 11.8 Å². The first-order valence-corrected chi connectivity index (χ1v) is 11.3. The van der Waals surface area contributed by atoms with Crippen molar-refractivity contribution in [3.63, 3.8) is 0 Å². The van der Waals surface area contributed by atoms with Crippen LogP contribution in [0.3, 0.4) is 0 Å². The lowest BCUT2D eigenvalue weighted by atomic mass is 9.67. The average Bonchev–Trinajstić information content (AvgIpc) is 2.99. The summed E-state index contributed by atoms with van der Waals surface area (Å²) >= 11 is 7.84. The van der Waals surface area contributed by atoms with Gasteiger partial charge in [-0.15, -0.1) is 23.5 Å². The molecule has 3 fully saturated rings. The smallest absolute Gasteiger partial charge is 0.227 e. The van der Waals surface area contributed by atoms with Gasteiger partial charge in [-0.3, -0.25) is 4.79 Å². The molecule has 1 aliphatic heterocycles. The Morgan fingerprint density at radius 3 is 2.30 bits per heavy atom. The van der Waals surface area contributed by atoms with E-state index in [1.54, 1.807) is 0 Å². The van der Waals surface area contributed by atoms with Gasteiger partial charge in [0.2, 0.25) is 5.91 Å². The van der Waals surface area contributed by atoms with Crippen LogP contribution >= 0.6 is 39.5 Å². The van der Waals surface area contributed by atoms with Crippen LogP contribution in [-0.2, 0) is 4.79 Å². The molecule has 4 rings (SSSR count). The minimum atomic E-state index is 0.196. The standard InChI is InChI=1S/C18H22BrNOS2/c19-15-4-6-16(7-5-15)20-17(21)12-10-13-2-1-3-14(11-12)18(13)22-8-9-23-18/h4-7,12-14H,1-3,8-11H2,(H,20,21)/t13-,14-/m1/s1. The minimum Gasteiger partial charge on any atom is -0.326 e. The molecule has 124 valence electrons. The fourth-order valence-electron chi connectivity index (χ4n) is 4.60. The van der Waals surface area contributed by atoms with Crippen LogP contribution in [-0.4, -0.2) is 21.5 Å². The fourth-order valence-corrected chi connectivity index (χ4v) is 8.80. The van der Waals surface area contributed by atoms with Crippen molar-refractivity contribution in [2.75, 3.05) is 16.8 Å². The fraction of sp³-hybridized carbons (Fsp3) is 0.611. The largest absolute Gasteiger partial charge is 0.326 e. The van der Waals surface area contributed by atoms with Crippen molar-refractivity contribution >= 4 is 51.0 Å². The third-order valence-corrected chi connectivity index (χ3v) is 10.1. The second kappa shape index (κ2) is 6.64. The lowest BCUT2D eigenvalue weighted by Crippen LogP contribution is -2.48. The minimum absolute atomic E-state index is 0.196. The topological polar surface area (TPSA) is 29.1 Å². The Morgan fingerprint density at radius 2 is 1.70 bits per heavy atom. The highest BCUT2D eigenvalue weighted by Gasteiger charge is 2.55. The summed E-state index contributed by atoms with van der Waals surface area (Å²) in [6, 6.07) is 7.89. The Hall–Kier alpha value is -0.130. The second-order valence-corrected chi connectivity index (χ2v) is 10.8. The number of hydrogen-bond acceptors (Lipinski definition) is 3. The molecule has 1 aromatic carbocycles. The lowest BCUT2D eigenvalue weighted by Gasteiger charge is -2.52. The number of amides is 1. The van der Waals surface area contributed by atoms with Crippen molar-refractivity contribution in [3.8, 4) is 0 Å². The summed E-state index contributed by atoms with van der Waals surface area (Å²) in [7, 11) is 0. The SMILES string of the molecule is O=C(Nc1ccc(Br)cc1)C1C[C@H]2CCC[C@H](C1)C21SCCS1. The van der Waals surface area contributed by atoms with Crippen LogP contribution in [0, 0.1) is 17.8 Å². The number of rotatable bonds is 2. The first-order chi connectivity index (χ1) is 11.2. The maximum absolute atomic E-state index is 12.8. The Labute approximate surface area is 155 Å². The summed E-state index contributed by atoms with van der Waals surface area (Å²) in [5.41, 5.74) is 0.910. The van der Waals surface area contributed by atoms with E-state index in [1.165, 1.54) is 30.8 Å². The van der Waals surface area contributed by atoms with Gasteiger partial charge in [0.25, 0.3) is 0 Å². The highest BCUT2D eigenvalue weighted by molar-refractivity contribution is 9.10. The van der Waals surface area contributed by atoms with Crippen LogP contribution < -0.4 is 5.32 Å². The van der Waals surface area contributed by atoms with E-state index in [0.29, 0.717) is 4.08 Å². The molecular formula is C18H22BrNOS2. The van der Waals surface area contributed by atoms with Gasteiger partial charge in [-0.1, -0.05) is 22.4 Å². The van der Waals surface area contributed by atoms with Crippen LogP contribution in [0.1, 0.15) is 32.1 Å². The number of carbonyl (C=O) groups excluding carboxylic acids is 1. The van der Waals surface area contributed by atoms with Gasteiger partial charge in [-0.05, 0) is 61.8 Å². The van der Waals surface area contributed by atoms with Crippen molar-refractivity contribution in [1.29, 1.82) is 0 Å². The van der Waals surface area contributed by atoms with Crippen molar-refractivity contribution in [1.82, 2.24) is 0 Å². The number of halogens is 1. The average molecular weight is 412 g/mol. The van der Waals surface area contributed by atoms with Crippen molar-refractivity contribution < 1.29 is 4.79 Å². The maximum Gasteiger partial charge on any atom is 0.227 e. The molecule has 2 bridgehead atoms. The van der Waals surface area contributed by atoms with Gasteiger partial charge in [0, 0.05) is 27.6 Å². The molecule has 1 N–H and O–H groups in total. The molecule has 1 amide bonds. The molecule has 1 saturated heterocycles. The van der Waals surface area contributed by atoms with Gasteiger partial charge in [-0.2, -0.15) is 0 Å². The van der Waals surface area contributed by atoms with Crippen LogP contribution in [0.25, 0.3) is 0 Å². The molecule has 1 aromatic rings. The quantitative estimate of drug-likeness (QED) is 0.706. The lowest BCUT2D eigenvalue weighted by molar-refractivity contribution is -0.122. The summed E-state index contributed by atoms with van der Waals surface area (Å²) in [5, 5.41) is 3.13. The number of carbonyl (C=O) groups is 1. The molecule has 2 aliphatic carbocycles. The molecule has 0 aromatic heterocycles. The molecule has 2 nitrogen and oxygen atoms in total. The predicted molar refractivity (Wildman–Crippen MR) is 104 cm³/mol. The van der Waals surface area contributed by atoms with E-state index in [1.807, 2.05) is 24.3 Å². The number of anilines is 1. The second-order valence-electron chi connectivity index (χ2n) is 6.91. The normalized spacial score (nSPS) is 32.0. The number of benzene rings is 1. The van der Waals surface area contributed by atoms with Crippen molar-refractivity contribution in [3.05, 3.63) is 28.7 Å². The maximum atomic E-state index is 12.8. The van der Waals surface area contributed by atoms with Gasteiger partial charge in [0.1, 0.15) is 0 Å².